The molecule has 1 aromatic rings. The van der Waals surface area contributed by atoms with E-state index in [-0.39, 0.29) is 35.5 Å². The van der Waals surface area contributed by atoms with Gasteiger partial charge in [-0.3, -0.25) is 24.1 Å². The highest BCUT2D eigenvalue weighted by molar-refractivity contribution is 6.07. The predicted molar refractivity (Wildman–Crippen MR) is 100 cm³/mol. The number of carbonyl (C=O) groups excluding carboxylic acids is 4. The molecule has 7 nitrogen and oxygen atoms in total. The molecule has 1 heterocycles. The molecule has 1 aromatic carbocycles. The van der Waals surface area contributed by atoms with E-state index in [4.69, 9.17) is 4.74 Å². The van der Waals surface area contributed by atoms with E-state index in [1.807, 2.05) is 32.0 Å². The van der Waals surface area contributed by atoms with E-state index in [9.17, 15) is 19.2 Å². The second-order valence-electron chi connectivity index (χ2n) is 8.23. The van der Waals surface area contributed by atoms with E-state index in [1.165, 1.54) is 0 Å². The van der Waals surface area contributed by atoms with E-state index in [1.54, 1.807) is 0 Å². The van der Waals surface area contributed by atoms with Gasteiger partial charge < -0.3 is 10.1 Å². The fourth-order valence-electron chi connectivity index (χ4n) is 5.19. The molecule has 4 rings (SSSR count). The number of aryl methyl sites for hydroxylation is 2. The summed E-state index contributed by atoms with van der Waals surface area (Å²) in [6.07, 6.45) is 2.92. The lowest BCUT2D eigenvalue weighted by molar-refractivity contribution is -0.154. The van der Waals surface area contributed by atoms with E-state index in [0.717, 1.165) is 35.3 Å². The summed E-state index contributed by atoms with van der Waals surface area (Å²) >= 11 is 0. The molecule has 3 fully saturated rings. The smallest absolute Gasteiger partial charge is 0.326 e. The number of carbonyl (C=O) groups is 4. The van der Waals surface area contributed by atoms with Crippen LogP contribution in [0.25, 0.3) is 0 Å². The molecule has 28 heavy (non-hydrogen) atoms. The Labute approximate surface area is 163 Å². The molecule has 4 atom stereocenters. The van der Waals surface area contributed by atoms with E-state index >= 15 is 0 Å². The third-order valence-electron chi connectivity index (χ3n) is 6.18. The monoisotopic (exact) mass is 384 g/mol. The second-order valence-corrected chi connectivity index (χ2v) is 8.23. The van der Waals surface area contributed by atoms with Gasteiger partial charge >= 0.3 is 5.97 Å². The second kappa shape index (κ2) is 7.04. The Morgan fingerprint density at radius 2 is 1.61 bits per heavy atom. The lowest BCUT2D eigenvalue weighted by atomic mass is 9.81. The standard InChI is InChI=1S/C21H24N2O5/c1-11-5-12(2)7-15(6-11)22-16(24)10-28-17(25)9-23-20(26)18-13-3-4-14(8-13)19(18)21(23)27/h5-7,13-14,18-19H,3-4,8-10H2,1-2H3,(H,22,24)/t13-,14+,18-,19-/m0/s1. The molecule has 0 unspecified atom stereocenters. The van der Waals surface area contributed by atoms with Crippen LogP contribution in [0.15, 0.2) is 18.2 Å². The number of ether oxygens (including phenoxy) is 1. The third kappa shape index (κ3) is 3.30. The van der Waals surface area contributed by atoms with Gasteiger partial charge in [0.2, 0.25) is 11.8 Å². The number of benzene rings is 1. The van der Waals surface area contributed by atoms with Crippen LogP contribution in [0.1, 0.15) is 30.4 Å². The predicted octanol–water partition coefficient (Wildman–Crippen LogP) is 1.82. The molecule has 1 N–H and O–H groups in total. The Morgan fingerprint density at radius 1 is 1.04 bits per heavy atom. The number of esters is 1. The van der Waals surface area contributed by atoms with Crippen LogP contribution in [0.2, 0.25) is 0 Å². The van der Waals surface area contributed by atoms with E-state index < -0.39 is 25.0 Å². The number of rotatable bonds is 5. The highest BCUT2D eigenvalue weighted by Gasteiger charge is 2.61. The first-order valence-corrected chi connectivity index (χ1v) is 9.72. The Hall–Kier alpha value is -2.70. The van der Waals surface area contributed by atoms with Gasteiger partial charge in [0.25, 0.3) is 5.91 Å². The lowest BCUT2D eigenvalue weighted by Crippen LogP contribution is -2.38. The number of amides is 3. The highest BCUT2D eigenvalue weighted by Crippen LogP contribution is 2.56. The van der Waals surface area contributed by atoms with Gasteiger partial charge in [-0.2, -0.15) is 0 Å². The minimum Gasteiger partial charge on any atom is -0.454 e. The van der Waals surface area contributed by atoms with Crippen LogP contribution in [0.5, 0.6) is 0 Å². The van der Waals surface area contributed by atoms with Crippen LogP contribution < -0.4 is 5.32 Å². The largest absolute Gasteiger partial charge is 0.454 e. The fourth-order valence-corrected chi connectivity index (χ4v) is 5.19. The number of likely N-dealkylation sites (tertiary alicyclic amines) is 1. The molecule has 2 saturated carbocycles. The van der Waals surface area contributed by atoms with Crippen molar-refractivity contribution in [3.05, 3.63) is 29.3 Å². The molecule has 0 aromatic heterocycles. The fraction of sp³-hybridized carbons (Fsp3) is 0.524. The average Bonchev–Trinajstić information content (AvgIpc) is 3.29. The lowest BCUT2D eigenvalue weighted by Gasteiger charge is -2.19. The van der Waals surface area contributed by atoms with Crippen LogP contribution in [-0.2, 0) is 23.9 Å². The normalized spacial score (nSPS) is 27.9. The zero-order valence-electron chi connectivity index (χ0n) is 16.1. The number of nitrogens with zero attached hydrogens (tertiary/aromatic N) is 1. The van der Waals surface area contributed by atoms with Crippen LogP contribution in [-0.4, -0.2) is 41.7 Å². The van der Waals surface area contributed by atoms with Crippen LogP contribution >= 0.6 is 0 Å². The van der Waals surface area contributed by atoms with Crippen molar-refractivity contribution in [2.24, 2.45) is 23.7 Å². The first kappa shape index (κ1) is 18.7. The van der Waals surface area contributed by atoms with Gasteiger partial charge in [0.1, 0.15) is 6.54 Å². The van der Waals surface area contributed by atoms with Crippen molar-refractivity contribution in [2.45, 2.75) is 33.1 Å². The maximum Gasteiger partial charge on any atom is 0.326 e. The van der Waals surface area contributed by atoms with Gasteiger partial charge in [-0.25, -0.2) is 0 Å². The number of fused-ring (bicyclic) bond motifs is 5. The van der Waals surface area contributed by atoms with Crippen molar-refractivity contribution in [3.8, 4) is 0 Å². The Bertz CT molecular complexity index is 816. The molecule has 0 spiro atoms. The summed E-state index contributed by atoms with van der Waals surface area (Å²) in [6, 6.07) is 5.63. The molecule has 3 aliphatic rings. The molecule has 0 radical (unpaired) electrons. The third-order valence-corrected chi connectivity index (χ3v) is 6.18. The Morgan fingerprint density at radius 3 is 2.18 bits per heavy atom. The summed E-state index contributed by atoms with van der Waals surface area (Å²) < 4.78 is 4.99. The number of anilines is 1. The minimum absolute atomic E-state index is 0.251. The van der Waals surface area contributed by atoms with Gasteiger partial charge in [0.15, 0.2) is 6.61 Å². The van der Waals surface area contributed by atoms with Crippen molar-refractivity contribution in [3.63, 3.8) is 0 Å². The van der Waals surface area contributed by atoms with Crippen LogP contribution in [0.3, 0.4) is 0 Å². The summed E-state index contributed by atoms with van der Waals surface area (Å²) in [6.45, 7) is 2.98. The molecular formula is C21H24N2O5. The van der Waals surface area contributed by atoms with Gasteiger partial charge in [-0.05, 0) is 68.2 Å². The molecular weight excluding hydrogens is 360 g/mol. The summed E-state index contributed by atoms with van der Waals surface area (Å²) in [4.78, 5) is 50.3. The highest BCUT2D eigenvalue weighted by atomic mass is 16.5. The maximum atomic E-state index is 12.6. The van der Waals surface area contributed by atoms with Gasteiger partial charge in [0, 0.05) is 5.69 Å². The molecule has 3 amide bonds. The first-order valence-electron chi connectivity index (χ1n) is 9.72. The molecule has 148 valence electrons. The van der Waals surface area contributed by atoms with Gasteiger partial charge in [-0.15, -0.1) is 0 Å². The van der Waals surface area contributed by atoms with Gasteiger partial charge in [-0.1, -0.05) is 6.07 Å². The molecule has 2 bridgehead atoms. The quantitative estimate of drug-likeness (QED) is 0.617. The molecule has 1 aliphatic heterocycles. The van der Waals surface area contributed by atoms with E-state index in [2.05, 4.69) is 5.32 Å². The molecule has 1 saturated heterocycles. The number of nitrogens with one attached hydrogen (secondary N) is 1. The zero-order valence-corrected chi connectivity index (χ0v) is 16.1. The van der Waals surface area contributed by atoms with Crippen molar-refractivity contribution >= 4 is 29.4 Å². The Kier molecular flexibility index (Phi) is 4.69. The number of imide groups is 1. The van der Waals surface area contributed by atoms with Crippen molar-refractivity contribution in [2.75, 3.05) is 18.5 Å². The van der Waals surface area contributed by atoms with Crippen LogP contribution in [0.4, 0.5) is 5.69 Å². The van der Waals surface area contributed by atoms with Crippen molar-refractivity contribution in [1.29, 1.82) is 0 Å². The molecule has 7 heteroatoms. The SMILES string of the molecule is Cc1cc(C)cc(NC(=O)COC(=O)CN2C(=O)[C@H]3[C@@H]4CC[C@@H](C4)[C@@H]3C2=O)c1. The molecule has 2 aliphatic carbocycles. The summed E-state index contributed by atoms with van der Waals surface area (Å²) in [5, 5.41) is 2.68. The Balaban J connectivity index is 1.29. The zero-order chi connectivity index (χ0) is 20.0. The summed E-state index contributed by atoms with van der Waals surface area (Å²) in [5.74, 6) is -1.68. The van der Waals surface area contributed by atoms with Crippen LogP contribution in [0, 0.1) is 37.5 Å². The van der Waals surface area contributed by atoms with Crippen molar-refractivity contribution in [1.82, 2.24) is 4.90 Å². The minimum atomic E-state index is -0.746. The summed E-state index contributed by atoms with van der Waals surface area (Å²) in [5.41, 5.74) is 2.66. The number of hydrogen-bond donors (Lipinski definition) is 1. The van der Waals surface area contributed by atoms with Crippen molar-refractivity contribution < 1.29 is 23.9 Å². The number of hydrogen-bond acceptors (Lipinski definition) is 5. The van der Waals surface area contributed by atoms with E-state index in [0.29, 0.717) is 5.69 Å². The summed E-state index contributed by atoms with van der Waals surface area (Å²) in [7, 11) is 0. The van der Waals surface area contributed by atoms with Gasteiger partial charge in [0.05, 0.1) is 11.8 Å². The topological polar surface area (TPSA) is 92.8 Å². The maximum absolute atomic E-state index is 12.6. The average molecular weight is 384 g/mol. The first-order chi connectivity index (χ1) is 13.3.